The number of ketones is 4. The summed E-state index contributed by atoms with van der Waals surface area (Å²) >= 11 is 0. The topological polar surface area (TPSA) is 68.3 Å². The lowest BCUT2D eigenvalue weighted by atomic mass is 9.88. The van der Waals surface area contributed by atoms with E-state index in [1.807, 2.05) is 0 Å². The van der Waals surface area contributed by atoms with Crippen molar-refractivity contribution in [3.63, 3.8) is 0 Å². The van der Waals surface area contributed by atoms with Crippen molar-refractivity contribution in [3.05, 3.63) is 0 Å². The summed E-state index contributed by atoms with van der Waals surface area (Å²) in [6, 6.07) is 0. The van der Waals surface area contributed by atoms with E-state index >= 15 is 0 Å². The molecule has 15 heavy (non-hydrogen) atoms. The van der Waals surface area contributed by atoms with Crippen molar-refractivity contribution >= 4 is 23.1 Å². The van der Waals surface area contributed by atoms with Crippen LogP contribution in [0.1, 0.15) is 19.3 Å². The molecule has 0 aliphatic heterocycles. The van der Waals surface area contributed by atoms with Gasteiger partial charge < -0.3 is 0 Å². The number of fused-ring (bicyclic) bond motifs is 3. The summed E-state index contributed by atoms with van der Waals surface area (Å²) in [6.45, 7) is 0. The van der Waals surface area contributed by atoms with Crippen LogP contribution in [-0.4, -0.2) is 23.1 Å². The summed E-state index contributed by atoms with van der Waals surface area (Å²) in [5.41, 5.74) is 0. The van der Waals surface area contributed by atoms with Crippen LogP contribution in [0.15, 0.2) is 0 Å². The smallest absolute Gasteiger partial charge is 0.144 e. The SMILES string of the molecule is O=C1CC(=O)C2C1CC1C(=O)CC(=O)C12. The van der Waals surface area contributed by atoms with Crippen molar-refractivity contribution in [1.82, 2.24) is 0 Å². The first-order chi connectivity index (χ1) is 7.09. The molecule has 3 aliphatic rings. The molecule has 4 atom stereocenters. The zero-order valence-corrected chi connectivity index (χ0v) is 8.06. The third kappa shape index (κ3) is 0.967. The molecular weight excluding hydrogens is 196 g/mol. The zero-order valence-electron chi connectivity index (χ0n) is 8.06. The minimum Gasteiger partial charge on any atom is -0.299 e. The van der Waals surface area contributed by atoms with Gasteiger partial charge >= 0.3 is 0 Å². The molecule has 0 aromatic heterocycles. The van der Waals surface area contributed by atoms with E-state index in [2.05, 4.69) is 0 Å². The van der Waals surface area contributed by atoms with Crippen LogP contribution < -0.4 is 0 Å². The zero-order chi connectivity index (χ0) is 10.7. The maximum atomic E-state index is 11.6. The Morgan fingerprint density at radius 3 is 1.47 bits per heavy atom. The van der Waals surface area contributed by atoms with Gasteiger partial charge in [0.1, 0.15) is 23.1 Å². The number of carbonyl (C=O) groups excluding carboxylic acids is 4. The minimum absolute atomic E-state index is 0.0278. The van der Waals surface area contributed by atoms with Gasteiger partial charge in [0.2, 0.25) is 0 Å². The minimum atomic E-state index is -0.457. The van der Waals surface area contributed by atoms with Gasteiger partial charge in [0, 0.05) is 23.7 Å². The molecule has 0 heterocycles. The van der Waals surface area contributed by atoms with Crippen molar-refractivity contribution in [3.8, 4) is 0 Å². The Morgan fingerprint density at radius 1 is 0.667 bits per heavy atom. The molecule has 0 aromatic rings. The van der Waals surface area contributed by atoms with Crippen molar-refractivity contribution < 1.29 is 19.2 Å². The van der Waals surface area contributed by atoms with Crippen LogP contribution in [0.5, 0.6) is 0 Å². The van der Waals surface area contributed by atoms with Gasteiger partial charge in [0.15, 0.2) is 0 Å². The second-order valence-corrected chi connectivity index (χ2v) is 4.72. The molecule has 3 fully saturated rings. The summed E-state index contributed by atoms with van der Waals surface area (Å²) in [4.78, 5) is 46.1. The molecule has 0 saturated heterocycles. The van der Waals surface area contributed by atoms with Crippen LogP contribution in [0.4, 0.5) is 0 Å². The number of rotatable bonds is 0. The van der Waals surface area contributed by atoms with E-state index in [9.17, 15) is 19.2 Å². The Hall–Kier alpha value is -1.32. The molecule has 0 amide bonds. The highest BCUT2D eigenvalue weighted by atomic mass is 16.2. The van der Waals surface area contributed by atoms with Gasteiger partial charge in [-0.15, -0.1) is 0 Å². The first kappa shape index (κ1) is 8.95. The van der Waals surface area contributed by atoms with Crippen LogP contribution in [0.25, 0.3) is 0 Å². The van der Waals surface area contributed by atoms with Gasteiger partial charge in [-0.05, 0) is 6.42 Å². The Balaban J connectivity index is 2.03. The highest BCUT2D eigenvalue weighted by molar-refractivity contribution is 6.16. The van der Waals surface area contributed by atoms with E-state index < -0.39 is 11.8 Å². The maximum Gasteiger partial charge on any atom is 0.144 e. The Bertz CT molecular complexity index is 371. The molecule has 4 heteroatoms. The fourth-order valence-corrected chi connectivity index (χ4v) is 3.42. The standard InChI is InChI=1S/C11H10O4/c12-6-2-8(14)10-4(6)1-5-7(13)3-9(15)11(5)10/h4-5,10-11H,1-3H2. The fourth-order valence-electron chi connectivity index (χ4n) is 3.42. The van der Waals surface area contributed by atoms with Crippen molar-refractivity contribution in [2.45, 2.75) is 19.3 Å². The van der Waals surface area contributed by atoms with Gasteiger partial charge in [-0.25, -0.2) is 0 Å². The maximum absolute atomic E-state index is 11.6. The molecule has 0 bridgehead atoms. The van der Waals surface area contributed by atoms with Crippen LogP contribution in [0.2, 0.25) is 0 Å². The summed E-state index contributed by atoms with van der Waals surface area (Å²) in [6.07, 6.45) is 0.379. The monoisotopic (exact) mass is 206 g/mol. The molecule has 0 radical (unpaired) electrons. The highest BCUT2D eigenvalue weighted by Gasteiger charge is 2.60. The third-order valence-corrected chi connectivity index (χ3v) is 4.03. The second kappa shape index (κ2) is 2.62. The van der Waals surface area contributed by atoms with Crippen molar-refractivity contribution in [2.75, 3.05) is 0 Å². The largest absolute Gasteiger partial charge is 0.299 e. The molecule has 78 valence electrons. The van der Waals surface area contributed by atoms with E-state index in [0.717, 1.165) is 0 Å². The highest BCUT2D eigenvalue weighted by Crippen LogP contribution is 2.51. The fraction of sp³-hybridized carbons (Fsp3) is 0.636. The molecular formula is C11H10O4. The van der Waals surface area contributed by atoms with E-state index in [4.69, 9.17) is 0 Å². The van der Waals surface area contributed by atoms with E-state index in [1.54, 1.807) is 0 Å². The number of carbonyl (C=O) groups is 4. The lowest BCUT2D eigenvalue weighted by Gasteiger charge is -2.11. The Kier molecular flexibility index (Phi) is 1.56. The van der Waals surface area contributed by atoms with Crippen molar-refractivity contribution in [2.24, 2.45) is 23.7 Å². The quantitative estimate of drug-likeness (QED) is 0.520. The first-order valence-corrected chi connectivity index (χ1v) is 5.20. The predicted molar refractivity (Wildman–Crippen MR) is 47.8 cm³/mol. The van der Waals surface area contributed by atoms with Gasteiger partial charge in [0.05, 0.1) is 12.8 Å². The molecule has 0 spiro atoms. The third-order valence-electron chi connectivity index (χ3n) is 4.03. The van der Waals surface area contributed by atoms with E-state index in [1.165, 1.54) is 0 Å². The molecule has 3 rings (SSSR count). The summed E-state index contributed by atoms with van der Waals surface area (Å²) < 4.78 is 0. The molecule has 4 nitrogen and oxygen atoms in total. The summed E-state index contributed by atoms with van der Waals surface area (Å²) in [5, 5.41) is 0. The molecule has 0 aromatic carbocycles. The average molecular weight is 206 g/mol. The van der Waals surface area contributed by atoms with Gasteiger partial charge in [-0.2, -0.15) is 0 Å². The van der Waals surface area contributed by atoms with Crippen LogP contribution >= 0.6 is 0 Å². The molecule has 3 saturated carbocycles. The average Bonchev–Trinajstić information content (AvgIpc) is 2.72. The lowest BCUT2D eigenvalue weighted by Crippen LogP contribution is -2.24. The first-order valence-electron chi connectivity index (χ1n) is 5.20. The van der Waals surface area contributed by atoms with Crippen LogP contribution in [0, 0.1) is 23.7 Å². The van der Waals surface area contributed by atoms with Gasteiger partial charge in [0.25, 0.3) is 0 Å². The van der Waals surface area contributed by atoms with E-state index in [-0.39, 0.29) is 47.8 Å². The molecule has 0 N–H and O–H groups in total. The van der Waals surface area contributed by atoms with Gasteiger partial charge in [-0.3, -0.25) is 19.2 Å². The summed E-state index contributed by atoms with van der Waals surface area (Å²) in [5.74, 6) is -1.97. The van der Waals surface area contributed by atoms with Gasteiger partial charge in [-0.1, -0.05) is 0 Å². The Morgan fingerprint density at radius 2 is 1.07 bits per heavy atom. The lowest BCUT2D eigenvalue weighted by molar-refractivity contribution is -0.129. The van der Waals surface area contributed by atoms with Crippen LogP contribution in [-0.2, 0) is 19.2 Å². The summed E-state index contributed by atoms with van der Waals surface area (Å²) in [7, 11) is 0. The number of hydrogen-bond acceptors (Lipinski definition) is 4. The normalized spacial score (nSPS) is 43.7. The second-order valence-electron chi connectivity index (χ2n) is 4.72. The molecule has 3 aliphatic carbocycles. The van der Waals surface area contributed by atoms with Crippen LogP contribution in [0.3, 0.4) is 0 Å². The number of Topliss-reactive ketones (excluding diaryl/α,β-unsaturated/α-hetero) is 4. The van der Waals surface area contributed by atoms with E-state index in [0.29, 0.717) is 6.42 Å². The number of hydrogen-bond donors (Lipinski definition) is 0. The predicted octanol–water partition coefficient (Wildman–Crippen LogP) is -0.0613. The van der Waals surface area contributed by atoms with Crippen molar-refractivity contribution in [1.29, 1.82) is 0 Å². The molecule has 4 unspecified atom stereocenters. The Labute approximate surface area is 86.0 Å².